The lowest BCUT2D eigenvalue weighted by Crippen LogP contribution is -2.48. The molecule has 4 aliphatic carbocycles. The number of esters is 1. The summed E-state index contributed by atoms with van der Waals surface area (Å²) in [5, 5.41) is 2.74. The van der Waals surface area contributed by atoms with Crippen molar-refractivity contribution in [2.75, 3.05) is 18.0 Å². The number of amides is 2. The van der Waals surface area contributed by atoms with Gasteiger partial charge < -0.3 is 15.0 Å². The number of nitrogens with one attached hydrogen (secondary N) is 1. The monoisotopic (exact) mass is 426 g/mol. The molecular weight excluding hydrogens is 392 g/mol. The minimum atomic E-state index is -0.910. The highest BCUT2D eigenvalue weighted by molar-refractivity contribution is 5.97. The second-order valence-electron chi connectivity index (χ2n) is 9.92. The van der Waals surface area contributed by atoms with Crippen LogP contribution in [0, 0.1) is 23.2 Å². The first-order valence-corrected chi connectivity index (χ1v) is 11.7. The molecule has 4 saturated carbocycles. The maximum atomic E-state index is 12.7. The average Bonchev–Trinajstić information content (AvgIpc) is 2.72. The van der Waals surface area contributed by atoms with E-state index in [4.69, 9.17) is 4.74 Å². The van der Waals surface area contributed by atoms with E-state index in [1.807, 2.05) is 37.3 Å². The molecule has 31 heavy (non-hydrogen) atoms. The molecule has 168 valence electrons. The fourth-order valence-corrected chi connectivity index (χ4v) is 6.66. The largest absolute Gasteiger partial charge is 0.451 e. The smallest absolute Gasteiger partial charge is 0.326 e. The van der Waals surface area contributed by atoms with Gasteiger partial charge in [0.15, 0.2) is 6.10 Å². The third-order valence-electron chi connectivity index (χ3n) is 7.44. The van der Waals surface area contributed by atoms with E-state index in [2.05, 4.69) is 5.32 Å². The highest BCUT2D eigenvalue weighted by Gasteiger charge is 2.51. The number of hydrogen-bond donors (Lipinski definition) is 1. The summed E-state index contributed by atoms with van der Waals surface area (Å²) in [6.45, 7) is 3.74. The van der Waals surface area contributed by atoms with Crippen molar-refractivity contribution < 1.29 is 19.1 Å². The minimum absolute atomic E-state index is 0.0719. The molecule has 0 saturated heterocycles. The van der Waals surface area contributed by atoms with Crippen molar-refractivity contribution in [2.24, 2.45) is 23.2 Å². The van der Waals surface area contributed by atoms with E-state index >= 15 is 0 Å². The zero-order valence-electron chi connectivity index (χ0n) is 18.6. The van der Waals surface area contributed by atoms with Crippen molar-refractivity contribution >= 4 is 23.5 Å². The van der Waals surface area contributed by atoms with Crippen molar-refractivity contribution in [3.63, 3.8) is 0 Å². The fraction of sp³-hybridized carbons (Fsp3) is 0.640. The third-order valence-corrected chi connectivity index (χ3v) is 7.44. The highest BCUT2D eigenvalue weighted by atomic mass is 16.5. The highest BCUT2D eigenvalue weighted by Crippen LogP contribution is 2.61. The summed E-state index contributed by atoms with van der Waals surface area (Å²) < 4.78 is 5.32. The molecule has 1 atom stereocenters. The number of nitrogens with zero attached hydrogens (tertiary/aromatic N) is 1. The van der Waals surface area contributed by atoms with Gasteiger partial charge in [0.05, 0.1) is 0 Å². The first-order valence-electron chi connectivity index (χ1n) is 11.7. The van der Waals surface area contributed by atoms with Crippen molar-refractivity contribution in [1.82, 2.24) is 5.32 Å². The van der Waals surface area contributed by atoms with Crippen LogP contribution in [0.25, 0.3) is 0 Å². The number of likely N-dealkylation sites (N-methyl/N-ethyl adjacent to an activating group) is 1. The molecule has 1 aromatic rings. The molecule has 5 rings (SSSR count). The lowest BCUT2D eigenvalue weighted by atomic mass is 9.49. The van der Waals surface area contributed by atoms with Gasteiger partial charge in [-0.2, -0.15) is 0 Å². The molecule has 0 unspecified atom stereocenters. The normalized spacial score (nSPS) is 29.3. The quantitative estimate of drug-likeness (QED) is 0.643. The summed E-state index contributed by atoms with van der Waals surface area (Å²) in [7, 11) is 0. The Bertz CT molecular complexity index is 787. The Labute approximate surface area is 184 Å². The maximum Gasteiger partial charge on any atom is 0.326 e. The van der Waals surface area contributed by atoms with Crippen LogP contribution in [0.2, 0.25) is 0 Å². The Morgan fingerprint density at radius 1 is 1.06 bits per heavy atom. The number of para-hydroxylation sites is 1. The van der Waals surface area contributed by atoms with Crippen LogP contribution in [0.3, 0.4) is 0 Å². The Hall–Kier alpha value is -2.37. The van der Waals surface area contributed by atoms with E-state index < -0.39 is 12.1 Å². The second kappa shape index (κ2) is 9.01. The predicted octanol–water partition coefficient (Wildman–Crippen LogP) is 3.69. The molecule has 4 aliphatic rings. The van der Waals surface area contributed by atoms with Crippen LogP contribution in [0.15, 0.2) is 30.3 Å². The maximum absolute atomic E-state index is 12.7. The van der Waals surface area contributed by atoms with Crippen LogP contribution in [0.5, 0.6) is 0 Å². The number of rotatable bonds is 8. The van der Waals surface area contributed by atoms with Crippen molar-refractivity contribution in [1.29, 1.82) is 0 Å². The van der Waals surface area contributed by atoms with Gasteiger partial charge in [0, 0.05) is 18.7 Å². The molecule has 6 nitrogen and oxygen atoms in total. The molecule has 0 radical (unpaired) electrons. The van der Waals surface area contributed by atoms with Gasteiger partial charge in [0.25, 0.3) is 5.91 Å². The molecule has 1 aromatic carbocycles. The van der Waals surface area contributed by atoms with Gasteiger partial charge in [0.2, 0.25) is 5.91 Å². The van der Waals surface area contributed by atoms with Crippen LogP contribution in [-0.4, -0.2) is 37.0 Å². The Kier molecular flexibility index (Phi) is 6.35. The van der Waals surface area contributed by atoms with Crippen LogP contribution >= 0.6 is 0 Å². The molecule has 0 aliphatic heterocycles. The lowest BCUT2D eigenvalue weighted by molar-refractivity contribution is -0.153. The number of hydrogen-bond acceptors (Lipinski definition) is 4. The fourth-order valence-electron chi connectivity index (χ4n) is 6.66. The topological polar surface area (TPSA) is 75.7 Å². The molecule has 1 N–H and O–H groups in total. The summed E-state index contributed by atoms with van der Waals surface area (Å²) in [5.74, 6) is 1.45. The van der Waals surface area contributed by atoms with E-state index in [0.29, 0.717) is 13.0 Å². The zero-order chi connectivity index (χ0) is 22.0. The van der Waals surface area contributed by atoms with Gasteiger partial charge in [-0.05, 0) is 87.7 Å². The second-order valence-corrected chi connectivity index (χ2v) is 9.92. The van der Waals surface area contributed by atoms with Gasteiger partial charge in [-0.25, -0.2) is 0 Å². The summed E-state index contributed by atoms with van der Waals surface area (Å²) in [5.41, 5.74) is 0.908. The van der Waals surface area contributed by atoms with Gasteiger partial charge >= 0.3 is 5.97 Å². The number of anilines is 1. The predicted molar refractivity (Wildman–Crippen MR) is 118 cm³/mol. The Balaban J connectivity index is 1.24. The molecular formula is C25H34N2O4. The SMILES string of the molecule is CCN(C(=O)[C@H](C)OC(=O)CNC(=O)CC12CC3CC(CC(C3)C1)C2)c1ccccc1. The number of benzene rings is 1. The molecule has 0 heterocycles. The summed E-state index contributed by atoms with van der Waals surface area (Å²) in [6, 6.07) is 9.31. The summed E-state index contributed by atoms with van der Waals surface area (Å²) in [4.78, 5) is 39.2. The minimum Gasteiger partial charge on any atom is -0.451 e. The van der Waals surface area contributed by atoms with Crippen molar-refractivity contribution in [2.45, 2.75) is 64.9 Å². The van der Waals surface area contributed by atoms with Crippen LogP contribution in [-0.2, 0) is 19.1 Å². The van der Waals surface area contributed by atoms with E-state index in [1.165, 1.54) is 19.3 Å². The van der Waals surface area contributed by atoms with Crippen LogP contribution in [0.4, 0.5) is 5.69 Å². The Morgan fingerprint density at radius 2 is 1.65 bits per heavy atom. The number of carbonyl (C=O) groups excluding carboxylic acids is 3. The molecule has 0 spiro atoms. The first-order chi connectivity index (χ1) is 14.9. The van der Waals surface area contributed by atoms with Gasteiger partial charge in [0.1, 0.15) is 6.54 Å². The van der Waals surface area contributed by atoms with E-state index in [0.717, 1.165) is 42.7 Å². The van der Waals surface area contributed by atoms with E-state index in [9.17, 15) is 14.4 Å². The van der Waals surface area contributed by atoms with Crippen LogP contribution in [0.1, 0.15) is 58.8 Å². The van der Waals surface area contributed by atoms with Gasteiger partial charge in [-0.1, -0.05) is 18.2 Å². The average molecular weight is 427 g/mol. The van der Waals surface area contributed by atoms with Gasteiger partial charge in [-0.3, -0.25) is 14.4 Å². The van der Waals surface area contributed by atoms with Gasteiger partial charge in [-0.15, -0.1) is 0 Å². The molecule has 4 bridgehead atoms. The molecule has 0 aromatic heterocycles. The summed E-state index contributed by atoms with van der Waals surface area (Å²) >= 11 is 0. The molecule has 4 fully saturated rings. The standard InChI is InChI=1S/C25H34N2O4/c1-3-27(21-7-5-4-6-8-21)24(30)17(2)31-23(29)16-26-22(28)15-25-12-18-9-19(13-25)11-20(10-18)14-25/h4-8,17-20H,3,9-16H2,1-2H3,(H,26,28)/t17-,18?,19?,20?,25?/m0/s1. The van der Waals surface area contributed by atoms with E-state index in [-0.39, 0.29) is 23.8 Å². The van der Waals surface area contributed by atoms with Crippen molar-refractivity contribution in [3.8, 4) is 0 Å². The van der Waals surface area contributed by atoms with E-state index in [1.54, 1.807) is 11.8 Å². The number of carbonyl (C=O) groups is 3. The number of ether oxygens (including phenoxy) is 1. The third kappa shape index (κ3) is 4.94. The van der Waals surface area contributed by atoms with Crippen molar-refractivity contribution in [3.05, 3.63) is 30.3 Å². The first kappa shape index (κ1) is 21.8. The Morgan fingerprint density at radius 3 is 2.19 bits per heavy atom. The van der Waals surface area contributed by atoms with Crippen LogP contribution < -0.4 is 10.2 Å². The lowest BCUT2D eigenvalue weighted by Gasteiger charge is -2.56. The molecule has 6 heteroatoms. The zero-order valence-corrected chi connectivity index (χ0v) is 18.6. The summed E-state index contributed by atoms with van der Waals surface area (Å²) in [6.07, 6.45) is 7.12. The molecule has 2 amide bonds.